The lowest BCUT2D eigenvalue weighted by Crippen LogP contribution is -2.09. The molecule has 0 bridgehead atoms. The topological polar surface area (TPSA) is 44.8 Å². The molecule has 0 fully saturated rings. The van der Waals surface area contributed by atoms with E-state index in [0.29, 0.717) is 12.2 Å². The van der Waals surface area contributed by atoms with E-state index in [1.807, 2.05) is 20.8 Å². The maximum absolute atomic E-state index is 11.3. The highest BCUT2D eigenvalue weighted by Crippen LogP contribution is 2.17. The smallest absolute Gasteiger partial charge is 0.382 e. The van der Waals surface area contributed by atoms with E-state index < -0.39 is 5.97 Å². The van der Waals surface area contributed by atoms with Crippen LogP contribution in [0, 0.1) is 17.6 Å². The lowest BCUT2D eigenvalue weighted by atomic mass is 9.94. The van der Waals surface area contributed by atoms with Gasteiger partial charge >= 0.3 is 5.97 Å². The maximum atomic E-state index is 11.3. The normalized spacial score (nSPS) is 11.2. The van der Waals surface area contributed by atoms with Gasteiger partial charge in [-0.25, -0.2) is 14.6 Å². The number of carbonyl (C=O) groups excluding carboxylic acids is 1. The van der Waals surface area contributed by atoms with Gasteiger partial charge in [0.25, 0.3) is 0 Å². The predicted octanol–water partition coefficient (Wildman–Crippen LogP) is 2.41. The van der Waals surface area contributed by atoms with Gasteiger partial charge in [-0.1, -0.05) is 26.8 Å². The third kappa shape index (κ3) is 7.74. The minimum atomic E-state index is -0.555. The molecule has 0 unspecified atom stereocenters. The van der Waals surface area contributed by atoms with E-state index in [4.69, 9.17) is 0 Å². The highest BCUT2D eigenvalue weighted by atomic mass is 17.2. The van der Waals surface area contributed by atoms with E-state index >= 15 is 0 Å². The van der Waals surface area contributed by atoms with Crippen LogP contribution in [0.3, 0.4) is 0 Å². The number of rotatable bonds is 3. The van der Waals surface area contributed by atoms with Gasteiger partial charge in [-0.05, 0) is 19.3 Å². The Hall–Kier alpha value is -1.63. The van der Waals surface area contributed by atoms with Crippen molar-refractivity contribution in [3.63, 3.8) is 0 Å². The fourth-order valence-corrected chi connectivity index (χ4v) is 0.951. The first-order chi connectivity index (χ1) is 7.37. The Morgan fingerprint density at radius 1 is 1.31 bits per heavy atom. The SMILES string of the molecule is CCOC#COOC(=O)/C(C)=C\C(C)(C)C. The van der Waals surface area contributed by atoms with E-state index in [9.17, 15) is 4.79 Å². The van der Waals surface area contributed by atoms with Crippen LogP contribution in [-0.4, -0.2) is 12.6 Å². The molecule has 0 saturated heterocycles. The summed E-state index contributed by atoms with van der Waals surface area (Å²) in [4.78, 5) is 20.1. The molecule has 4 nitrogen and oxygen atoms in total. The number of hydrogen-bond donors (Lipinski definition) is 0. The summed E-state index contributed by atoms with van der Waals surface area (Å²) in [5.41, 5.74) is 0.394. The Labute approximate surface area is 96.5 Å². The molecule has 0 radical (unpaired) electrons. The molecule has 0 aromatic rings. The maximum Gasteiger partial charge on any atom is 0.382 e. The Balaban J connectivity index is 4.09. The lowest BCUT2D eigenvalue weighted by molar-refractivity contribution is -0.226. The predicted molar refractivity (Wildman–Crippen MR) is 59.8 cm³/mol. The first-order valence-electron chi connectivity index (χ1n) is 5.06. The fraction of sp³-hybridized carbons (Fsp3) is 0.583. The molecule has 0 heterocycles. The number of carbonyl (C=O) groups is 1. The molecule has 0 aromatic carbocycles. The zero-order chi connectivity index (χ0) is 12.6. The van der Waals surface area contributed by atoms with Crippen molar-refractivity contribution in [1.29, 1.82) is 0 Å². The van der Waals surface area contributed by atoms with Gasteiger partial charge in [0.15, 0.2) is 6.11 Å². The highest BCUT2D eigenvalue weighted by Gasteiger charge is 2.12. The lowest BCUT2D eigenvalue weighted by Gasteiger charge is -2.12. The van der Waals surface area contributed by atoms with Gasteiger partial charge in [-0.15, -0.1) is 0 Å². The first-order valence-corrected chi connectivity index (χ1v) is 5.06. The minimum absolute atomic E-state index is 0.0832. The third-order valence-electron chi connectivity index (χ3n) is 1.39. The van der Waals surface area contributed by atoms with Gasteiger partial charge in [0.2, 0.25) is 6.11 Å². The molecule has 0 rings (SSSR count). The summed E-state index contributed by atoms with van der Waals surface area (Å²) in [6.45, 7) is 9.86. The van der Waals surface area contributed by atoms with E-state index in [-0.39, 0.29) is 5.41 Å². The quantitative estimate of drug-likeness (QED) is 0.321. The van der Waals surface area contributed by atoms with Crippen molar-refractivity contribution in [2.45, 2.75) is 34.6 Å². The van der Waals surface area contributed by atoms with E-state index in [1.165, 1.54) is 0 Å². The molecule has 0 aliphatic heterocycles. The van der Waals surface area contributed by atoms with Gasteiger partial charge in [0.1, 0.15) is 0 Å². The van der Waals surface area contributed by atoms with Gasteiger partial charge in [0, 0.05) is 5.57 Å². The second-order valence-electron chi connectivity index (χ2n) is 4.28. The minimum Gasteiger partial charge on any atom is -0.444 e. The van der Waals surface area contributed by atoms with Crippen LogP contribution in [0.5, 0.6) is 0 Å². The first kappa shape index (κ1) is 14.4. The number of allylic oxidation sites excluding steroid dienone is 1. The van der Waals surface area contributed by atoms with Crippen LogP contribution in [0.4, 0.5) is 0 Å². The van der Waals surface area contributed by atoms with Crippen molar-refractivity contribution in [1.82, 2.24) is 0 Å². The van der Waals surface area contributed by atoms with E-state index in [2.05, 4.69) is 26.7 Å². The number of ether oxygens (including phenoxy) is 1. The summed E-state index contributed by atoms with van der Waals surface area (Å²) >= 11 is 0. The molecular formula is C12H18O4. The zero-order valence-corrected chi connectivity index (χ0v) is 10.4. The standard InChI is InChI=1S/C12H18O4/c1-6-14-7-8-15-16-11(13)10(2)9-12(3,4)5/h9H,6H2,1-5H3/b10-9-. The molecule has 90 valence electrons. The van der Waals surface area contributed by atoms with Crippen LogP contribution >= 0.6 is 0 Å². The van der Waals surface area contributed by atoms with Crippen LogP contribution in [0.15, 0.2) is 11.6 Å². The molecule has 0 aromatic heterocycles. The molecule has 0 N–H and O–H groups in total. The monoisotopic (exact) mass is 226 g/mol. The molecule has 0 aliphatic carbocycles. The van der Waals surface area contributed by atoms with Crippen molar-refractivity contribution in [2.24, 2.45) is 5.41 Å². The van der Waals surface area contributed by atoms with Crippen molar-refractivity contribution in [2.75, 3.05) is 6.61 Å². The van der Waals surface area contributed by atoms with Crippen LogP contribution in [-0.2, 0) is 19.3 Å². The molecule has 16 heavy (non-hydrogen) atoms. The molecule has 0 amide bonds. The highest BCUT2D eigenvalue weighted by molar-refractivity contribution is 5.87. The Morgan fingerprint density at radius 3 is 2.44 bits per heavy atom. The third-order valence-corrected chi connectivity index (χ3v) is 1.39. The van der Waals surface area contributed by atoms with Crippen molar-refractivity contribution < 1.29 is 19.3 Å². The van der Waals surface area contributed by atoms with Gasteiger partial charge in [-0.2, -0.15) is 0 Å². The van der Waals surface area contributed by atoms with Gasteiger partial charge in [-0.3, -0.25) is 0 Å². The second-order valence-corrected chi connectivity index (χ2v) is 4.28. The summed E-state index contributed by atoms with van der Waals surface area (Å²) in [6, 6.07) is 0. The summed E-state index contributed by atoms with van der Waals surface area (Å²) in [5.74, 6) is -0.555. The molecule has 4 heteroatoms. The largest absolute Gasteiger partial charge is 0.444 e. The Kier molecular flexibility index (Phi) is 6.09. The second kappa shape index (κ2) is 6.78. The summed E-state index contributed by atoms with van der Waals surface area (Å²) in [5, 5.41) is 0. The van der Waals surface area contributed by atoms with Gasteiger partial charge in [0.05, 0.1) is 6.61 Å². The van der Waals surface area contributed by atoms with Crippen molar-refractivity contribution >= 4 is 5.97 Å². The average molecular weight is 226 g/mol. The molecular weight excluding hydrogens is 208 g/mol. The Bertz CT molecular complexity index is 312. The molecule has 0 aliphatic rings. The van der Waals surface area contributed by atoms with Crippen molar-refractivity contribution in [3.8, 4) is 12.2 Å². The molecule has 0 saturated carbocycles. The van der Waals surface area contributed by atoms with Crippen molar-refractivity contribution in [3.05, 3.63) is 11.6 Å². The summed E-state index contributed by atoms with van der Waals surface area (Å²) in [7, 11) is 0. The van der Waals surface area contributed by atoms with Crippen LogP contribution in [0.2, 0.25) is 0 Å². The Morgan fingerprint density at radius 2 is 1.94 bits per heavy atom. The molecule has 0 spiro atoms. The average Bonchev–Trinajstić information content (AvgIpc) is 2.14. The summed E-state index contributed by atoms with van der Waals surface area (Å²) in [6.07, 6.45) is 6.10. The van der Waals surface area contributed by atoms with E-state index in [1.54, 1.807) is 19.9 Å². The molecule has 0 atom stereocenters. The van der Waals surface area contributed by atoms with Crippen LogP contribution in [0.25, 0.3) is 0 Å². The fourth-order valence-electron chi connectivity index (χ4n) is 0.951. The van der Waals surface area contributed by atoms with Crippen LogP contribution < -0.4 is 0 Å². The van der Waals surface area contributed by atoms with Crippen LogP contribution in [0.1, 0.15) is 34.6 Å². The summed E-state index contributed by atoms with van der Waals surface area (Å²) < 4.78 is 4.66. The zero-order valence-electron chi connectivity index (χ0n) is 10.4. The van der Waals surface area contributed by atoms with Gasteiger partial charge < -0.3 is 4.74 Å². The number of hydrogen-bond acceptors (Lipinski definition) is 4. The van der Waals surface area contributed by atoms with E-state index in [0.717, 1.165) is 0 Å².